The van der Waals surface area contributed by atoms with Crippen LogP contribution in [0.5, 0.6) is 0 Å². The third-order valence-corrected chi connectivity index (χ3v) is 3.68. The maximum Gasteiger partial charge on any atom is 0.311 e. The second-order valence-electron chi connectivity index (χ2n) is 4.97. The first-order chi connectivity index (χ1) is 9.94. The maximum absolute atomic E-state index is 13.8. The van der Waals surface area contributed by atoms with Gasteiger partial charge in [-0.1, -0.05) is 0 Å². The van der Waals surface area contributed by atoms with E-state index in [2.05, 4.69) is 5.32 Å². The average Bonchev–Trinajstić information content (AvgIpc) is 2.46. The van der Waals surface area contributed by atoms with E-state index in [0.29, 0.717) is 26.1 Å². The van der Waals surface area contributed by atoms with Gasteiger partial charge in [-0.15, -0.1) is 0 Å². The molecule has 2 rings (SSSR count). The molecule has 0 radical (unpaired) electrons. The summed E-state index contributed by atoms with van der Waals surface area (Å²) in [5, 5.41) is 22.6. The third kappa shape index (κ3) is 3.27. The fourth-order valence-corrected chi connectivity index (χ4v) is 2.25. The Bertz CT molecular complexity index is 557. The van der Waals surface area contributed by atoms with Crippen molar-refractivity contribution in [2.24, 2.45) is 5.41 Å². The number of ether oxygens (including phenoxy) is 1. The number of non-ortho nitro benzene ring substituents is 1. The van der Waals surface area contributed by atoms with Crippen LogP contribution in [0.1, 0.15) is 12.8 Å². The van der Waals surface area contributed by atoms with Gasteiger partial charge < -0.3 is 15.2 Å². The molecule has 1 fully saturated rings. The minimum Gasteiger partial charge on any atom is -0.481 e. The first-order valence-electron chi connectivity index (χ1n) is 6.44. The highest BCUT2D eigenvalue weighted by Crippen LogP contribution is 2.32. The maximum atomic E-state index is 13.8. The Balaban J connectivity index is 2.11. The number of aliphatic carboxylic acids is 1. The van der Waals surface area contributed by atoms with Crippen molar-refractivity contribution in [3.63, 3.8) is 0 Å². The van der Waals surface area contributed by atoms with Gasteiger partial charge in [0.1, 0.15) is 0 Å². The standard InChI is InChI=1S/C13H15FN2O5/c14-10-7-9(16(19)20)1-2-11(10)15-8-13(12(17)18)3-5-21-6-4-13/h1-2,7,15H,3-6,8H2,(H,17,18). The normalized spacial score (nSPS) is 17.2. The number of carboxylic acid groups (broad SMARTS) is 1. The predicted molar refractivity (Wildman–Crippen MR) is 71.7 cm³/mol. The molecule has 1 heterocycles. The van der Waals surface area contributed by atoms with E-state index in [0.717, 1.165) is 6.07 Å². The Labute approximate surface area is 119 Å². The number of nitro benzene ring substituents is 1. The number of carboxylic acids is 1. The fourth-order valence-electron chi connectivity index (χ4n) is 2.25. The predicted octanol–water partition coefficient (Wildman–Crippen LogP) is 2.03. The van der Waals surface area contributed by atoms with E-state index in [1.165, 1.54) is 12.1 Å². The molecule has 0 saturated carbocycles. The third-order valence-electron chi connectivity index (χ3n) is 3.68. The first kappa shape index (κ1) is 15.2. The lowest BCUT2D eigenvalue weighted by molar-refractivity contribution is -0.385. The highest BCUT2D eigenvalue weighted by molar-refractivity contribution is 5.75. The number of anilines is 1. The van der Waals surface area contributed by atoms with Crippen LogP contribution in [0.2, 0.25) is 0 Å². The van der Waals surface area contributed by atoms with Crippen LogP contribution in [0.3, 0.4) is 0 Å². The van der Waals surface area contributed by atoms with Gasteiger partial charge >= 0.3 is 5.97 Å². The Morgan fingerprint density at radius 2 is 2.14 bits per heavy atom. The molecule has 114 valence electrons. The summed E-state index contributed by atoms with van der Waals surface area (Å²) < 4.78 is 18.9. The van der Waals surface area contributed by atoms with Gasteiger partial charge in [-0.3, -0.25) is 14.9 Å². The summed E-state index contributed by atoms with van der Waals surface area (Å²) in [5.74, 6) is -1.74. The molecule has 1 aliphatic heterocycles. The molecule has 1 aliphatic rings. The van der Waals surface area contributed by atoms with Crippen molar-refractivity contribution in [2.75, 3.05) is 25.1 Å². The molecule has 0 amide bonds. The van der Waals surface area contributed by atoms with Crippen molar-refractivity contribution >= 4 is 17.3 Å². The topological polar surface area (TPSA) is 102 Å². The van der Waals surface area contributed by atoms with Crippen LogP contribution in [0.25, 0.3) is 0 Å². The largest absolute Gasteiger partial charge is 0.481 e. The minimum atomic E-state index is -1.01. The van der Waals surface area contributed by atoms with E-state index in [1.807, 2.05) is 0 Å². The van der Waals surface area contributed by atoms with Crippen LogP contribution in [0.15, 0.2) is 18.2 Å². The summed E-state index contributed by atoms with van der Waals surface area (Å²) in [6, 6.07) is 3.21. The van der Waals surface area contributed by atoms with Crippen LogP contribution >= 0.6 is 0 Å². The number of halogens is 1. The van der Waals surface area contributed by atoms with Crippen molar-refractivity contribution in [2.45, 2.75) is 12.8 Å². The number of nitrogens with zero attached hydrogens (tertiary/aromatic N) is 1. The quantitative estimate of drug-likeness (QED) is 0.637. The average molecular weight is 298 g/mol. The monoisotopic (exact) mass is 298 g/mol. The van der Waals surface area contributed by atoms with E-state index >= 15 is 0 Å². The molecule has 0 bridgehead atoms. The zero-order chi connectivity index (χ0) is 15.5. The van der Waals surface area contributed by atoms with E-state index in [-0.39, 0.29) is 17.9 Å². The van der Waals surface area contributed by atoms with Crippen molar-refractivity contribution in [3.8, 4) is 0 Å². The van der Waals surface area contributed by atoms with Crippen molar-refractivity contribution < 1.29 is 24.0 Å². The number of carbonyl (C=O) groups is 1. The number of rotatable bonds is 5. The summed E-state index contributed by atoms with van der Waals surface area (Å²) in [4.78, 5) is 21.3. The summed E-state index contributed by atoms with van der Waals surface area (Å²) in [5.41, 5.74) is -1.31. The first-order valence-corrected chi connectivity index (χ1v) is 6.44. The van der Waals surface area contributed by atoms with Crippen LogP contribution in [0, 0.1) is 21.3 Å². The molecular weight excluding hydrogens is 283 g/mol. The second kappa shape index (κ2) is 6.04. The SMILES string of the molecule is O=C(O)C1(CNc2ccc([N+](=O)[O-])cc2F)CCOCC1. The molecule has 1 aromatic rings. The van der Waals surface area contributed by atoms with Gasteiger partial charge in [0.25, 0.3) is 5.69 Å². The van der Waals surface area contributed by atoms with E-state index in [4.69, 9.17) is 4.74 Å². The summed E-state index contributed by atoms with van der Waals surface area (Å²) in [6.45, 7) is 0.730. The number of hydrogen-bond donors (Lipinski definition) is 2. The number of hydrogen-bond acceptors (Lipinski definition) is 5. The van der Waals surface area contributed by atoms with Crippen LogP contribution < -0.4 is 5.32 Å². The van der Waals surface area contributed by atoms with Gasteiger partial charge in [-0.25, -0.2) is 4.39 Å². The number of benzene rings is 1. The van der Waals surface area contributed by atoms with E-state index in [9.17, 15) is 24.4 Å². The van der Waals surface area contributed by atoms with Crippen LogP contribution in [-0.4, -0.2) is 35.8 Å². The minimum absolute atomic E-state index is 0.0421. The molecule has 0 spiro atoms. The smallest absolute Gasteiger partial charge is 0.311 e. The van der Waals surface area contributed by atoms with Gasteiger partial charge in [-0.05, 0) is 18.9 Å². The highest BCUT2D eigenvalue weighted by Gasteiger charge is 2.40. The van der Waals surface area contributed by atoms with Gasteiger partial charge in [0.05, 0.1) is 22.1 Å². The molecule has 21 heavy (non-hydrogen) atoms. The van der Waals surface area contributed by atoms with Gasteiger partial charge in [0.2, 0.25) is 0 Å². The molecule has 0 unspecified atom stereocenters. The lowest BCUT2D eigenvalue weighted by atomic mass is 9.80. The lowest BCUT2D eigenvalue weighted by Crippen LogP contribution is -2.42. The number of nitro groups is 1. The Morgan fingerprint density at radius 3 is 2.67 bits per heavy atom. The van der Waals surface area contributed by atoms with Crippen molar-refractivity contribution in [1.82, 2.24) is 0 Å². The Hall–Kier alpha value is -2.22. The fraction of sp³-hybridized carbons (Fsp3) is 0.462. The molecule has 0 aliphatic carbocycles. The van der Waals surface area contributed by atoms with Crippen LogP contribution in [-0.2, 0) is 9.53 Å². The molecule has 1 saturated heterocycles. The molecule has 1 aromatic carbocycles. The molecule has 7 nitrogen and oxygen atoms in total. The molecule has 2 N–H and O–H groups in total. The summed E-state index contributed by atoms with van der Waals surface area (Å²) in [6.07, 6.45) is 0.674. The van der Waals surface area contributed by atoms with Gasteiger partial charge in [0.15, 0.2) is 5.82 Å². The zero-order valence-electron chi connectivity index (χ0n) is 11.2. The summed E-state index contributed by atoms with van der Waals surface area (Å²) >= 11 is 0. The van der Waals surface area contributed by atoms with Crippen molar-refractivity contribution in [3.05, 3.63) is 34.1 Å². The molecule has 0 atom stereocenters. The van der Waals surface area contributed by atoms with Crippen LogP contribution in [0.4, 0.5) is 15.8 Å². The van der Waals surface area contributed by atoms with Gasteiger partial charge in [0, 0.05) is 25.8 Å². The number of nitrogens with one attached hydrogen (secondary N) is 1. The Kier molecular flexibility index (Phi) is 4.37. The molecule has 0 aromatic heterocycles. The lowest BCUT2D eigenvalue weighted by Gasteiger charge is -2.33. The van der Waals surface area contributed by atoms with Crippen molar-refractivity contribution in [1.29, 1.82) is 0 Å². The van der Waals surface area contributed by atoms with Gasteiger partial charge in [-0.2, -0.15) is 0 Å². The highest BCUT2D eigenvalue weighted by atomic mass is 19.1. The zero-order valence-corrected chi connectivity index (χ0v) is 11.2. The Morgan fingerprint density at radius 1 is 1.48 bits per heavy atom. The second-order valence-corrected chi connectivity index (χ2v) is 4.97. The summed E-state index contributed by atoms with van der Waals surface area (Å²) in [7, 11) is 0. The van der Waals surface area contributed by atoms with E-state index < -0.39 is 22.1 Å². The van der Waals surface area contributed by atoms with E-state index in [1.54, 1.807) is 0 Å². The molecular formula is C13H15FN2O5. The molecule has 8 heteroatoms.